The van der Waals surface area contributed by atoms with Gasteiger partial charge in [0.25, 0.3) is 10.0 Å². The first kappa shape index (κ1) is 14.2. The second kappa shape index (κ2) is 4.71. The van der Waals surface area contributed by atoms with Crippen molar-refractivity contribution in [2.24, 2.45) is 0 Å². The van der Waals surface area contributed by atoms with E-state index in [2.05, 4.69) is 4.98 Å². The Balaban J connectivity index is 2.60. The summed E-state index contributed by atoms with van der Waals surface area (Å²) in [4.78, 5) is 13.6. The maximum absolute atomic E-state index is 12.5. The minimum Gasteiger partial charge on any atom is -0.358 e. The summed E-state index contributed by atoms with van der Waals surface area (Å²) in [6, 6.07) is 4.71. The van der Waals surface area contributed by atoms with Crippen LogP contribution < -0.4 is 0 Å². The van der Waals surface area contributed by atoms with Crippen molar-refractivity contribution in [1.29, 1.82) is 0 Å². The van der Waals surface area contributed by atoms with Crippen LogP contribution >= 0.6 is 0 Å². The first-order valence-electron chi connectivity index (χ1n) is 5.76. The van der Waals surface area contributed by atoms with Crippen LogP contribution in [0.2, 0.25) is 0 Å². The average Bonchev–Trinajstić information content (AvgIpc) is 2.75. The molecule has 0 radical (unpaired) electrons. The second-order valence-corrected chi connectivity index (χ2v) is 6.27. The lowest BCUT2D eigenvalue weighted by Gasteiger charge is -2.07. The summed E-state index contributed by atoms with van der Waals surface area (Å²) in [6.07, 6.45) is 0.917. The number of hydrogen-bond donors (Lipinski definition) is 0. The topological polar surface area (TPSA) is 95.1 Å². The zero-order valence-electron chi connectivity index (χ0n) is 11.2. The molecule has 1 heterocycles. The van der Waals surface area contributed by atoms with Crippen molar-refractivity contribution in [2.75, 3.05) is 0 Å². The first-order chi connectivity index (χ1) is 9.23. The summed E-state index contributed by atoms with van der Waals surface area (Å²) < 4.78 is 25.7. The Morgan fingerprint density at radius 2 is 1.85 bits per heavy atom. The number of aromatic nitrogens is 2. The van der Waals surface area contributed by atoms with E-state index < -0.39 is 20.8 Å². The zero-order chi connectivity index (χ0) is 15.1. The predicted octanol–water partition coefficient (Wildman–Crippen LogP) is 1.95. The number of rotatable bonds is 3. The summed E-state index contributed by atoms with van der Waals surface area (Å²) in [5, 5.41) is 10.7. The van der Waals surface area contributed by atoms with Gasteiger partial charge in [0.15, 0.2) is 0 Å². The summed E-state index contributed by atoms with van der Waals surface area (Å²) in [5.74, 6) is -0.440. The third-order valence-electron chi connectivity index (χ3n) is 3.05. The number of imidazole rings is 1. The van der Waals surface area contributed by atoms with Gasteiger partial charge in [-0.15, -0.1) is 0 Å². The average molecular weight is 295 g/mol. The largest absolute Gasteiger partial charge is 0.383 e. The van der Waals surface area contributed by atoms with E-state index in [4.69, 9.17) is 0 Å². The zero-order valence-corrected chi connectivity index (χ0v) is 12.0. The quantitative estimate of drug-likeness (QED) is 0.637. The van der Waals surface area contributed by atoms with Crippen molar-refractivity contribution in [2.45, 2.75) is 25.7 Å². The summed E-state index contributed by atoms with van der Waals surface area (Å²) in [6.45, 7) is 5.09. The molecule has 106 valence electrons. The van der Waals surface area contributed by atoms with Crippen molar-refractivity contribution in [3.63, 3.8) is 0 Å². The number of hydrogen-bond acceptors (Lipinski definition) is 5. The lowest BCUT2D eigenvalue weighted by atomic mass is 10.1. The fourth-order valence-corrected chi connectivity index (χ4v) is 3.18. The normalized spacial score (nSPS) is 11.6. The highest BCUT2D eigenvalue weighted by atomic mass is 32.2. The fourth-order valence-electron chi connectivity index (χ4n) is 1.76. The molecule has 0 saturated heterocycles. The molecule has 0 atom stereocenters. The molecule has 0 spiro atoms. The predicted molar refractivity (Wildman–Crippen MR) is 72.1 cm³/mol. The molecule has 7 nitrogen and oxygen atoms in total. The minimum atomic E-state index is -3.87. The van der Waals surface area contributed by atoms with E-state index in [0.717, 1.165) is 21.3 Å². The molecule has 0 fully saturated rings. The lowest BCUT2D eigenvalue weighted by Crippen LogP contribution is -2.14. The van der Waals surface area contributed by atoms with Crippen molar-refractivity contribution < 1.29 is 13.3 Å². The van der Waals surface area contributed by atoms with Crippen LogP contribution in [0.25, 0.3) is 0 Å². The van der Waals surface area contributed by atoms with Gasteiger partial charge in [0, 0.05) is 6.92 Å². The number of nitrogens with zero attached hydrogens (tertiary/aromatic N) is 3. The molecule has 0 amide bonds. The molecule has 0 aliphatic carbocycles. The van der Waals surface area contributed by atoms with E-state index in [9.17, 15) is 18.5 Å². The number of aryl methyl sites for hydroxylation is 3. The van der Waals surface area contributed by atoms with Gasteiger partial charge >= 0.3 is 5.82 Å². The molecule has 0 aliphatic rings. The van der Waals surface area contributed by atoms with E-state index >= 15 is 0 Å². The van der Waals surface area contributed by atoms with Gasteiger partial charge in [-0.25, -0.2) is 8.42 Å². The van der Waals surface area contributed by atoms with Crippen LogP contribution in [0.5, 0.6) is 0 Å². The summed E-state index contributed by atoms with van der Waals surface area (Å²) in [5.41, 5.74) is 1.80. The van der Waals surface area contributed by atoms with Crippen LogP contribution in [-0.2, 0) is 10.0 Å². The monoisotopic (exact) mass is 295 g/mol. The fraction of sp³-hybridized carbons (Fsp3) is 0.250. The third kappa shape index (κ3) is 2.29. The molecule has 0 bridgehead atoms. The van der Waals surface area contributed by atoms with Gasteiger partial charge in [-0.2, -0.15) is 3.97 Å². The van der Waals surface area contributed by atoms with E-state index in [1.54, 1.807) is 13.0 Å². The minimum absolute atomic E-state index is 0.0509. The number of benzene rings is 1. The molecule has 1 aromatic heterocycles. The Bertz CT molecular complexity index is 793. The van der Waals surface area contributed by atoms with E-state index in [0.29, 0.717) is 0 Å². The Labute approximate surface area is 116 Å². The van der Waals surface area contributed by atoms with Crippen LogP contribution in [-0.4, -0.2) is 22.3 Å². The maximum atomic E-state index is 12.5. The Morgan fingerprint density at radius 1 is 1.20 bits per heavy atom. The molecular formula is C12H13N3O4S. The maximum Gasteiger partial charge on any atom is 0.383 e. The van der Waals surface area contributed by atoms with Crippen molar-refractivity contribution >= 4 is 15.8 Å². The molecule has 0 N–H and O–H groups in total. The standard InChI is InChI=1S/C12H13N3O4S/c1-8-4-5-11(6-9(8)2)20(18,19)14-7-12(15(16)17)13-10(14)3/h4-7H,1-3H3. The molecule has 1 aromatic carbocycles. The van der Waals surface area contributed by atoms with Crippen LogP contribution in [0.15, 0.2) is 29.3 Å². The highest BCUT2D eigenvalue weighted by molar-refractivity contribution is 7.90. The number of nitro groups is 1. The van der Waals surface area contributed by atoms with Gasteiger partial charge < -0.3 is 10.1 Å². The summed E-state index contributed by atoms with van der Waals surface area (Å²) in [7, 11) is -3.87. The van der Waals surface area contributed by atoms with Crippen molar-refractivity contribution in [3.8, 4) is 0 Å². The van der Waals surface area contributed by atoms with Crippen LogP contribution in [0.3, 0.4) is 0 Å². The van der Waals surface area contributed by atoms with Crippen molar-refractivity contribution in [1.82, 2.24) is 8.96 Å². The Hall–Kier alpha value is -2.22. The summed E-state index contributed by atoms with van der Waals surface area (Å²) >= 11 is 0. The smallest absolute Gasteiger partial charge is 0.358 e. The van der Waals surface area contributed by atoms with Gasteiger partial charge in [-0.3, -0.25) is 0 Å². The molecule has 0 unspecified atom stereocenters. The van der Waals surface area contributed by atoms with E-state index in [-0.39, 0.29) is 10.7 Å². The molecule has 20 heavy (non-hydrogen) atoms. The SMILES string of the molecule is Cc1ccc(S(=O)(=O)n2cc([N+](=O)[O-])nc2C)cc1C. The van der Waals surface area contributed by atoms with Gasteiger partial charge in [-0.1, -0.05) is 6.07 Å². The Morgan fingerprint density at radius 3 is 2.35 bits per heavy atom. The van der Waals surface area contributed by atoms with Gasteiger partial charge in [0.1, 0.15) is 6.20 Å². The van der Waals surface area contributed by atoms with Crippen LogP contribution in [0.4, 0.5) is 5.82 Å². The molecule has 0 saturated carbocycles. The van der Waals surface area contributed by atoms with Gasteiger partial charge in [0.05, 0.1) is 4.90 Å². The van der Waals surface area contributed by atoms with Gasteiger partial charge in [-0.05, 0) is 47.0 Å². The molecule has 2 rings (SSSR count). The second-order valence-electron chi connectivity index (χ2n) is 4.45. The molecule has 0 aliphatic heterocycles. The van der Waals surface area contributed by atoms with Crippen LogP contribution in [0.1, 0.15) is 17.0 Å². The molecule has 2 aromatic rings. The third-order valence-corrected chi connectivity index (χ3v) is 4.79. The Kier molecular flexibility index (Phi) is 3.34. The highest BCUT2D eigenvalue weighted by Crippen LogP contribution is 2.21. The first-order valence-corrected chi connectivity index (χ1v) is 7.20. The molecule has 8 heteroatoms. The van der Waals surface area contributed by atoms with Crippen molar-refractivity contribution in [3.05, 3.63) is 51.5 Å². The lowest BCUT2D eigenvalue weighted by molar-refractivity contribution is -0.389. The van der Waals surface area contributed by atoms with E-state index in [1.165, 1.54) is 19.1 Å². The highest BCUT2D eigenvalue weighted by Gasteiger charge is 2.25. The van der Waals surface area contributed by atoms with E-state index in [1.807, 2.05) is 6.92 Å². The van der Waals surface area contributed by atoms with Gasteiger partial charge in [0.2, 0.25) is 5.82 Å². The molecular weight excluding hydrogens is 282 g/mol. The van der Waals surface area contributed by atoms with Crippen LogP contribution in [0, 0.1) is 30.9 Å².